The van der Waals surface area contributed by atoms with Crippen LogP contribution in [0.3, 0.4) is 0 Å². The lowest BCUT2D eigenvalue weighted by Gasteiger charge is -2.00. The molecule has 4 nitrogen and oxygen atoms in total. The van der Waals surface area contributed by atoms with E-state index in [1.165, 1.54) is 10.9 Å². The summed E-state index contributed by atoms with van der Waals surface area (Å²) in [5, 5.41) is 0.988. The normalized spacial score (nSPS) is 10.8. The highest BCUT2D eigenvalue weighted by Gasteiger charge is 2.09. The number of aromatic nitrogens is 2. The second kappa shape index (κ2) is 3.34. The highest BCUT2D eigenvalue weighted by Crippen LogP contribution is 2.17. The summed E-state index contributed by atoms with van der Waals surface area (Å²) in [7, 11) is 0. The van der Waals surface area contributed by atoms with E-state index in [1.54, 1.807) is 30.8 Å². The summed E-state index contributed by atoms with van der Waals surface area (Å²) < 4.78 is 6.68. The third kappa shape index (κ3) is 1.32. The number of hydrogen-bond donors (Lipinski definition) is 0. The number of furan rings is 1. The van der Waals surface area contributed by atoms with Crippen molar-refractivity contribution in [1.29, 1.82) is 0 Å². The fourth-order valence-electron chi connectivity index (χ4n) is 1.62. The summed E-state index contributed by atoms with van der Waals surface area (Å²) in [5.41, 5.74) is 1.30. The molecule has 2 heterocycles. The molecule has 0 fully saturated rings. The molecule has 1 aromatic carbocycles. The minimum absolute atomic E-state index is 0.115. The number of carbonyl (C=O) groups is 1. The summed E-state index contributed by atoms with van der Waals surface area (Å²) in [5.74, 6) is -0.115. The number of fused-ring (bicyclic) bond motifs is 1. The van der Waals surface area contributed by atoms with E-state index in [1.807, 2.05) is 12.1 Å². The molecule has 3 rings (SSSR count). The van der Waals surface area contributed by atoms with Crippen LogP contribution in [0.1, 0.15) is 10.4 Å². The molecule has 0 spiro atoms. The third-order valence-corrected chi connectivity index (χ3v) is 2.44. The van der Waals surface area contributed by atoms with Crippen LogP contribution >= 0.6 is 0 Å². The van der Waals surface area contributed by atoms with E-state index in [0.717, 1.165) is 5.39 Å². The zero-order valence-corrected chi connectivity index (χ0v) is 8.33. The van der Waals surface area contributed by atoms with Crippen molar-refractivity contribution in [3.8, 4) is 0 Å². The van der Waals surface area contributed by atoms with Gasteiger partial charge in [0.15, 0.2) is 0 Å². The number of hydrogen-bond acceptors (Lipinski definition) is 3. The third-order valence-electron chi connectivity index (χ3n) is 2.44. The van der Waals surface area contributed by atoms with E-state index in [-0.39, 0.29) is 5.91 Å². The van der Waals surface area contributed by atoms with E-state index >= 15 is 0 Å². The number of nitrogens with zero attached hydrogens (tertiary/aromatic N) is 2. The molecule has 0 aliphatic carbocycles. The standard InChI is InChI=1S/C12H8N2O2/c15-12(14-5-4-13-8-14)10-2-1-9-3-6-16-11(9)7-10/h1-8H. The maximum Gasteiger partial charge on any atom is 0.263 e. The van der Waals surface area contributed by atoms with Gasteiger partial charge in [-0.15, -0.1) is 0 Å². The molecule has 16 heavy (non-hydrogen) atoms. The fourth-order valence-corrected chi connectivity index (χ4v) is 1.62. The van der Waals surface area contributed by atoms with Gasteiger partial charge in [0, 0.05) is 23.3 Å². The van der Waals surface area contributed by atoms with Crippen molar-refractivity contribution >= 4 is 16.9 Å². The highest BCUT2D eigenvalue weighted by molar-refractivity contribution is 5.98. The van der Waals surface area contributed by atoms with Gasteiger partial charge >= 0.3 is 0 Å². The molecule has 0 atom stereocenters. The average molecular weight is 212 g/mol. The van der Waals surface area contributed by atoms with Crippen LogP contribution in [0, 0.1) is 0 Å². The smallest absolute Gasteiger partial charge is 0.263 e. The van der Waals surface area contributed by atoms with Crippen molar-refractivity contribution < 1.29 is 9.21 Å². The van der Waals surface area contributed by atoms with Gasteiger partial charge in [-0.05, 0) is 18.2 Å². The molecule has 0 saturated heterocycles. The van der Waals surface area contributed by atoms with Gasteiger partial charge < -0.3 is 4.42 Å². The zero-order valence-electron chi connectivity index (χ0n) is 8.33. The fraction of sp³-hybridized carbons (Fsp3) is 0. The van der Waals surface area contributed by atoms with E-state index in [4.69, 9.17) is 4.42 Å². The quantitative estimate of drug-likeness (QED) is 0.621. The molecule has 0 saturated carbocycles. The van der Waals surface area contributed by atoms with Gasteiger partial charge in [-0.25, -0.2) is 4.98 Å². The Balaban J connectivity index is 2.09. The second-order valence-corrected chi connectivity index (χ2v) is 3.45. The predicted octanol–water partition coefficient (Wildman–Crippen LogP) is 2.32. The molecule has 2 aromatic heterocycles. The lowest BCUT2D eigenvalue weighted by Crippen LogP contribution is -2.09. The maximum atomic E-state index is 12.0. The maximum absolute atomic E-state index is 12.0. The molecule has 0 aliphatic rings. The van der Waals surface area contributed by atoms with E-state index in [9.17, 15) is 4.79 Å². The first-order valence-corrected chi connectivity index (χ1v) is 4.84. The number of rotatable bonds is 1. The Morgan fingerprint density at radius 2 is 2.25 bits per heavy atom. The topological polar surface area (TPSA) is 48.0 Å². The molecule has 0 unspecified atom stereocenters. The van der Waals surface area contributed by atoms with Gasteiger partial charge in [0.2, 0.25) is 0 Å². The van der Waals surface area contributed by atoms with E-state index in [0.29, 0.717) is 11.1 Å². The summed E-state index contributed by atoms with van der Waals surface area (Å²) in [4.78, 5) is 15.8. The largest absolute Gasteiger partial charge is 0.464 e. The molecule has 78 valence electrons. The van der Waals surface area contributed by atoms with Crippen LogP contribution in [-0.4, -0.2) is 15.5 Å². The Hall–Kier alpha value is -2.36. The number of carbonyl (C=O) groups excluding carboxylic acids is 1. The second-order valence-electron chi connectivity index (χ2n) is 3.45. The molecular formula is C12H8N2O2. The average Bonchev–Trinajstić information content (AvgIpc) is 2.98. The van der Waals surface area contributed by atoms with Crippen LogP contribution in [0.5, 0.6) is 0 Å². The Morgan fingerprint density at radius 3 is 3.06 bits per heavy atom. The van der Waals surface area contributed by atoms with Gasteiger partial charge in [-0.1, -0.05) is 6.07 Å². The number of imidazole rings is 1. The molecule has 0 aliphatic heterocycles. The predicted molar refractivity (Wildman–Crippen MR) is 58.2 cm³/mol. The summed E-state index contributed by atoms with van der Waals surface area (Å²) in [6, 6.07) is 7.24. The first-order chi connectivity index (χ1) is 7.84. The van der Waals surface area contributed by atoms with Crippen LogP contribution in [0.4, 0.5) is 0 Å². The summed E-state index contributed by atoms with van der Waals surface area (Å²) in [6.45, 7) is 0. The van der Waals surface area contributed by atoms with E-state index in [2.05, 4.69) is 4.98 Å². The summed E-state index contributed by atoms with van der Waals surface area (Å²) in [6.07, 6.45) is 6.28. The van der Waals surface area contributed by atoms with E-state index < -0.39 is 0 Å². The van der Waals surface area contributed by atoms with Crippen LogP contribution in [-0.2, 0) is 0 Å². The number of benzene rings is 1. The van der Waals surface area contributed by atoms with Gasteiger partial charge in [-0.3, -0.25) is 9.36 Å². The lowest BCUT2D eigenvalue weighted by molar-refractivity contribution is 0.0960. The Morgan fingerprint density at radius 1 is 1.31 bits per heavy atom. The monoisotopic (exact) mass is 212 g/mol. The highest BCUT2D eigenvalue weighted by atomic mass is 16.3. The van der Waals surface area contributed by atoms with Crippen LogP contribution in [0.25, 0.3) is 11.0 Å². The Bertz CT molecular complexity index is 638. The van der Waals surface area contributed by atoms with Crippen molar-refractivity contribution in [3.63, 3.8) is 0 Å². The Labute approximate surface area is 91.1 Å². The van der Waals surface area contributed by atoms with Crippen LogP contribution in [0.2, 0.25) is 0 Å². The molecule has 0 N–H and O–H groups in total. The van der Waals surface area contributed by atoms with Gasteiger partial charge in [0.25, 0.3) is 5.91 Å². The SMILES string of the molecule is O=C(c1ccc2ccoc2c1)n1ccnc1. The molecule has 0 radical (unpaired) electrons. The minimum atomic E-state index is -0.115. The first kappa shape index (κ1) is 8.91. The minimum Gasteiger partial charge on any atom is -0.464 e. The summed E-state index contributed by atoms with van der Waals surface area (Å²) >= 11 is 0. The first-order valence-electron chi connectivity index (χ1n) is 4.84. The molecule has 4 heteroatoms. The van der Waals surface area contributed by atoms with Crippen LogP contribution < -0.4 is 0 Å². The Kier molecular flexibility index (Phi) is 1.86. The lowest BCUT2D eigenvalue weighted by atomic mass is 10.1. The van der Waals surface area contributed by atoms with Crippen molar-refractivity contribution in [2.45, 2.75) is 0 Å². The van der Waals surface area contributed by atoms with Crippen molar-refractivity contribution in [3.05, 3.63) is 54.8 Å². The molecular weight excluding hydrogens is 204 g/mol. The van der Waals surface area contributed by atoms with Crippen molar-refractivity contribution in [2.24, 2.45) is 0 Å². The molecule has 0 bridgehead atoms. The van der Waals surface area contributed by atoms with Crippen molar-refractivity contribution in [1.82, 2.24) is 9.55 Å². The van der Waals surface area contributed by atoms with Gasteiger partial charge in [0.1, 0.15) is 11.9 Å². The zero-order chi connectivity index (χ0) is 11.0. The van der Waals surface area contributed by atoms with Crippen molar-refractivity contribution in [2.75, 3.05) is 0 Å². The van der Waals surface area contributed by atoms with Gasteiger partial charge in [-0.2, -0.15) is 0 Å². The molecule has 0 amide bonds. The van der Waals surface area contributed by atoms with Crippen LogP contribution in [0.15, 0.2) is 53.7 Å². The molecule has 3 aromatic rings. The van der Waals surface area contributed by atoms with Gasteiger partial charge in [0.05, 0.1) is 6.26 Å².